The minimum atomic E-state index is -2.70. The average Bonchev–Trinajstić information content (AvgIpc) is 2.07. The molecule has 0 nitrogen and oxygen atoms in total. The maximum Gasteiger partial charge on any atom is 0.254 e. The van der Waals surface area contributed by atoms with Crippen molar-refractivity contribution in [2.45, 2.75) is 31.6 Å². The molecule has 0 radical (unpaired) electrons. The Morgan fingerprint density at radius 2 is 1.80 bits per heavy atom. The Morgan fingerprint density at radius 1 is 1.20 bits per heavy atom. The van der Waals surface area contributed by atoms with Crippen LogP contribution in [0.4, 0.5) is 13.2 Å². The maximum atomic E-state index is 13.1. The summed E-state index contributed by atoms with van der Waals surface area (Å²) in [5.41, 5.74) is 1.19. The van der Waals surface area contributed by atoms with Crippen LogP contribution in [-0.4, -0.2) is 11.7 Å². The molecular weight excluding hydrogens is 221 g/mol. The highest BCUT2D eigenvalue weighted by Crippen LogP contribution is 2.29. The largest absolute Gasteiger partial charge is 0.254 e. The molecule has 0 saturated heterocycles. The fourth-order valence-electron chi connectivity index (χ4n) is 1.11. The van der Waals surface area contributed by atoms with Gasteiger partial charge in [-0.25, -0.2) is 13.2 Å². The smallest absolute Gasteiger partial charge is 0.207 e. The molecule has 0 heterocycles. The van der Waals surface area contributed by atoms with Crippen LogP contribution in [-0.2, 0) is 0 Å². The van der Waals surface area contributed by atoms with E-state index in [1.54, 1.807) is 19.9 Å². The van der Waals surface area contributed by atoms with E-state index in [4.69, 9.17) is 0 Å². The highest BCUT2D eigenvalue weighted by Gasteiger charge is 2.21. The van der Waals surface area contributed by atoms with E-state index in [1.807, 2.05) is 0 Å². The van der Waals surface area contributed by atoms with Crippen LogP contribution in [0.5, 0.6) is 0 Å². The minimum absolute atomic E-state index is 0.279. The summed E-state index contributed by atoms with van der Waals surface area (Å²) in [7, 11) is 0. The van der Waals surface area contributed by atoms with Gasteiger partial charge in [0.1, 0.15) is 5.82 Å². The van der Waals surface area contributed by atoms with Crippen LogP contribution in [0.3, 0.4) is 0 Å². The van der Waals surface area contributed by atoms with Crippen molar-refractivity contribution in [2.24, 2.45) is 0 Å². The Bertz CT molecular complexity index is 356. The molecule has 0 aliphatic heterocycles. The number of thioether (sulfide) groups is 1. The predicted octanol–water partition coefficient (Wildman–Crippen LogP) is 4.19. The van der Waals surface area contributed by atoms with E-state index in [-0.39, 0.29) is 11.6 Å². The summed E-state index contributed by atoms with van der Waals surface area (Å²) < 4.78 is 38.3. The molecule has 0 unspecified atom stereocenters. The third-order valence-corrected chi connectivity index (χ3v) is 3.34. The van der Waals surface area contributed by atoms with Crippen molar-refractivity contribution >= 4 is 11.8 Å². The lowest BCUT2D eigenvalue weighted by Gasteiger charge is -2.11. The van der Waals surface area contributed by atoms with Crippen LogP contribution < -0.4 is 0 Å². The van der Waals surface area contributed by atoms with E-state index >= 15 is 0 Å². The summed E-state index contributed by atoms with van der Waals surface area (Å²) in [6, 6.07) is 2.99. The third kappa shape index (κ3) is 3.78. The van der Waals surface area contributed by atoms with Crippen molar-refractivity contribution in [1.29, 1.82) is 0 Å². The van der Waals surface area contributed by atoms with Crippen LogP contribution >= 0.6 is 11.8 Å². The quantitative estimate of drug-likeness (QED) is 0.707. The lowest BCUT2D eigenvalue weighted by Crippen LogP contribution is -2.12. The Labute approximate surface area is 91.9 Å². The molecule has 1 rings (SSSR count). The molecule has 0 N–H and O–H groups in total. The first-order valence-electron chi connectivity index (χ1n) is 4.57. The second-order valence-electron chi connectivity index (χ2n) is 3.73. The van der Waals surface area contributed by atoms with Gasteiger partial charge in [-0.3, -0.25) is 0 Å². The van der Waals surface area contributed by atoms with E-state index in [0.717, 1.165) is 23.6 Å². The monoisotopic (exact) mass is 234 g/mol. The molecule has 84 valence electrons. The third-order valence-electron chi connectivity index (χ3n) is 1.94. The lowest BCUT2D eigenvalue weighted by molar-refractivity contribution is 0.0492. The van der Waals surface area contributed by atoms with E-state index in [1.165, 1.54) is 6.07 Å². The molecule has 0 aromatic heterocycles. The molecule has 4 heteroatoms. The minimum Gasteiger partial charge on any atom is -0.207 e. The van der Waals surface area contributed by atoms with Gasteiger partial charge < -0.3 is 0 Å². The van der Waals surface area contributed by atoms with Crippen LogP contribution in [0.2, 0.25) is 0 Å². The number of alkyl halides is 2. The summed E-state index contributed by atoms with van der Waals surface area (Å²) in [4.78, 5) is 0.718. The lowest BCUT2D eigenvalue weighted by atomic mass is 10.1. The van der Waals surface area contributed by atoms with Gasteiger partial charge in [0.05, 0.1) is 5.75 Å². The summed E-state index contributed by atoms with van der Waals surface area (Å²) in [5.74, 6) is -3.27. The van der Waals surface area contributed by atoms with Crippen molar-refractivity contribution in [3.05, 3.63) is 29.1 Å². The maximum absolute atomic E-state index is 13.1. The topological polar surface area (TPSA) is 0 Å². The number of hydrogen-bond acceptors (Lipinski definition) is 1. The van der Waals surface area contributed by atoms with Crippen LogP contribution in [0.15, 0.2) is 17.0 Å². The number of rotatable bonds is 3. The Hall–Kier alpha value is -0.640. The first-order chi connectivity index (χ1) is 6.79. The van der Waals surface area contributed by atoms with Crippen molar-refractivity contribution < 1.29 is 13.2 Å². The summed E-state index contributed by atoms with van der Waals surface area (Å²) in [5, 5.41) is 0. The van der Waals surface area contributed by atoms with Crippen molar-refractivity contribution in [3.63, 3.8) is 0 Å². The zero-order chi connectivity index (χ0) is 11.6. The van der Waals surface area contributed by atoms with Gasteiger partial charge in [-0.2, -0.15) is 0 Å². The second-order valence-corrected chi connectivity index (χ2v) is 4.74. The fourth-order valence-corrected chi connectivity index (χ4v) is 2.07. The molecule has 0 amide bonds. The molecule has 0 saturated carbocycles. The summed E-state index contributed by atoms with van der Waals surface area (Å²) in [6.07, 6.45) is 0. The number of halogens is 3. The predicted molar refractivity (Wildman–Crippen MR) is 57.2 cm³/mol. The molecule has 0 atom stereocenters. The SMILES string of the molecule is Cc1cc(SCC(C)(F)F)c(C)cc1F. The van der Waals surface area contributed by atoms with E-state index in [2.05, 4.69) is 0 Å². The van der Waals surface area contributed by atoms with Crippen molar-refractivity contribution in [2.75, 3.05) is 5.75 Å². The number of benzene rings is 1. The molecule has 0 aliphatic rings. The Morgan fingerprint density at radius 3 is 2.33 bits per heavy atom. The van der Waals surface area contributed by atoms with Gasteiger partial charge in [0.15, 0.2) is 0 Å². The summed E-state index contributed by atoms with van der Waals surface area (Å²) in [6.45, 7) is 4.23. The zero-order valence-corrected chi connectivity index (χ0v) is 9.72. The molecule has 0 fully saturated rings. The highest BCUT2D eigenvalue weighted by molar-refractivity contribution is 7.99. The van der Waals surface area contributed by atoms with Gasteiger partial charge in [0, 0.05) is 11.8 Å². The van der Waals surface area contributed by atoms with Gasteiger partial charge >= 0.3 is 0 Å². The molecule has 15 heavy (non-hydrogen) atoms. The molecule has 1 aromatic rings. The van der Waals surface area contributed by atoms with Gasteiger partial charge in [-0.15, -0.1) is 11.8 Å². The molecule has 0 spiro atoms. The van der Waals surface area contributed by atoms with Crippen LogP contribution in [0.1, 0.15) is 18.1 Å². The molecule has 0 aliphatic carbocycles. The highest BCUT2D eigenvalue weighted by atomic mass is 32.2. The van der Waals surface area contributed by atoms with E-state index in [9.17, 15) is 13.2 Å². The van der Waals surface area contributed by atoms with Gasteiger partial charge in [0.2, 0.25) is 0 Å². The first-order valence-corrected chi connectivity index (χ1v) is 5.55. The van der Waals surface area contributed by atoms with Crippen LogP contribution in [0, 0.1) is 19.7 Å². The first kappa shape index (κ1) is 12.4. The number of aryl methyl sites for hydroxylation is 2. The average molecular weight is 234 g/mol. The van der Waals surface area contributed by atoms with Crippen LogP contribution in [0.25, 0.3) is 0 Å². The molecular formula is C11H13F3S. The Kier molecular flexibility index (Phi) is 3.71. The summed E-state index contributed by atoms with van der Waals surface area (Å²) >= 11 is 1.06. The van der Waals surface area contributed by atoms with Crippen molar-refractivity contribution in [1.82, 2.24) is 0 Å². The fraction of sp³-hybridized carbons (Fsp3) is 0.455. The van der Waals surface area contributed by atoms with Gasteiger partial charge in [-0.1, -0.05) is 0 Å². The van der Waals surface area contributed by atoms with Crippen molar-refractivity contribution in [3.8, 4) is 0 Å². The van der Waals surface area contributed by atoms with E-state index < -0.39 is 5.92 Å². The van der Waals surface area contributed by atoms with E-state index in [0.29, 0.717) is 11.1 Å². The molecule has 0 bridgehead atoms. The van der Waals surface area contributed by atoms with Gasteiger partial charge in [-0.05, 0) is 37.1 Å². The molecule has 1 aromatic carbocycles. The standard InChI is InChI=1S/C11H13F3S/c1-7-5-10(8(2)4-9(7)12)15-6-11(3,13)14/h4-5H,6H2,1-3H3. The van der Waals surface area contributed by atoms with Gasteiger partial charge in [0.25, 0.3) is 5.92 Å². The normalized spacial score (nSPS) is 11.9. The zero-order valence-electron chi connectivity index (χ0n) is 8.90. The second kappa shape index (κ2) is 4.47. The Balaban J connectivity index is 2.82. The number of hydrogen-bond donors (Lipinski definition) is 0.